The van der Waals surface area contributed by atoms with Gasteiger partial charge in [-0.2, -0.15) is 0 Å². The summed E-state index contributed by atoms with van der Waals surface area (Å²) in [5.41, 5.74) is 1.37. The Bertz CT molecular complexity index is 377. The predicted molar refractivity (Wildman–Crippen MR) is 74.7 cm³/mol. The van der Waals surface area contributed by atoms with Crippen molar-refractivity contribution < 1.29 is 14.6 Å². The molecule has 2 N–H and O–H groups in total. The molecule has 0 heterocycles. The summed E-state index contributed by atoms with van der Waals surface area (Å²) in [6, 6.07) is 8.93. The Kier molecular flexibility index (Phi) is 5.63. The Labute approximate surface area is 114 Å². The second kappa shape index (κ2) is 7.48. The lowest BCUT2D eigenvalue weighted by Crippen LogP contribution is -2.41. The fraction of sp³-hybridized carbons (Fsp3) is 0.600. The van der Waals surface area contributed by atoms with Crippen LogP contribution in [0.4, 0.5) is 0 Å². The number of rotatable bonds is 8. The number of nitrogens with one attached hydrogen (secondary N) is 1. The lowest BCUT2D eigenvalue weighted by atomic mass is 9.76. The van der Waals surface area contributed by atoms with Crippen molar-refractivity contribution in [3.05, 3.63) is 29.8 Å². The molecule has 1 aliphatic carbocycles. The Morgan fingerprint density at radius 2 is 2.16 bits per heavy atom. The predicted octanol–water partition coefficient (Wildman–Crippen LogP) is 1.54. The Balaban J connectivity index is 1.65. The Morgan fingerprint density at radius 3 is 2.89 bits per heavy atom. The van der Waals surface area contributed by atoms with E-state index in [0.717, 1.165) is 12.3 Å². The molecule has 2 rings (SSSR count). The molecule has 0 amide bonds. The summed E-state index contributed by atoms with van der Waals surface area (Å²) in [7, 11) is 1.70. The van der Waals surface area contributed by atoms with Gasteiger partial charge >= 0.3 is 0 Å². The van der Waals surface area contributed by atoms with E-state index in [-0.39, 0.29) is 6.61 Å². The summed E-state index contributed by atoms with van der Waals surface area (Å²) in [4.78, 5) is 0. The van der Waals surface area contributed by atoms with Crippen molar-refractivity contribution in [3.8, 4) is 5.75 Å². The first kappa shape index (κ1) is 14.3. The number of aliphatic hydroxyl groups is 1. The van der Waals surface area contributed by atoms with Gasteiger partial charge in [0.1, 0.15) is 5.75 Å². The molecule has 1 aromatic carbocycles. The van der Waals surface area contributed by atoms with Crippen molar-refractivity contribution >= 4 is 0 Å². The number of hydrogen-bond acceptors (Lipinski definition) is 4. The molecule has 0 aromatic heterocycles. The minimum absolute atomic E-state index is 0.0986. The van der Waals surface area contributed by atoms with Crippen LogP contribution in [0.15, 0.2) is 24.3 Å². The molecule has 1 aliphatic rings. The van der Waals surface area contributed by atoms with Crippen molar-refractivity contribution in [2.45, 2.75) is 24.8 Å². The first-order valence-electron chi connectivity index (χ1n) is 6.89. The number of methoxy groups -OCH3 is 1. The minimum Gasteiger partial charge on any atom is -0.497 e. The van der Waals surface area contributed by atoms with E-state index in [2.05, 4.69) is 23.5 Å². The molecule has 0 spiro atoms. The van der Waals surface area contributed by atoms with Crippen molar-refractivity contribution in [2.24, 2.45) is 0 Å². The summed E-state index contributed by atoms with van der Waals surface area (Å²) >= 11 is 0. The highest BCUT2D eigenvalue weighted by Crippen LogP contribution is 2.37. The third kappa shape index (κ3) is 4.20. The van der Waals surface area contributed by atoms with Crippen LogP contribution < -0.4 is 10.1 Å². The van der Waals surface area contributed by atoms with Crippen LogP contribution in [0.5, 0.6) is 5.75 Å². The normalized spacial score (nSPS) is 22.0. The van der Waals surface area contributed by atoms with Crippen LogP contribution in [-0.2, 0) is 4.74 Å². The van der Waals surface area contributed by atoms with E-state index < -0.39 is 0 Å². The highest BCUT2D eigenvalue weighted by atomic mass is 16.5. The van der Waals surface area contributed by atoms with Gasteiger partial charge in [-0.25, -0.2) is 0 Å². The number of ether oxygens (including phenoxy) is 2. The maximum atomic E-state index is 8.58. The van der Waals surface area contributed by atoms with Gasteiger partial charge in [0.05, 0.1) is 26.9 Å². The third-order valence-corrected chi connectivity index (χ3v) is 3.62. The molecule has 0 radical (unpaired) electrons. The SMILES string of the molecule is COc1cccc(C2CC(NCCOCCO)C2)c1. The molecule has 0 bridgehead atoms. The van der Waals surface area contributed by atoms with Gasteiger partial charge in [-0.15, -0.1) is 0 Å². The monoisotopic (exact) mass is 265 g/mol. The summed E-state index contributed by atoms with van der Waals surface area (Å²) in [6.07, 6.45) is 2.35. The van der Waals surface area contributed by atoms with Crippen LogP contribution in [-0.4, -0.2) is 44.6 Å². The van der Waals surface area contributed by atoms with Crippen LogP contribution in [0.25, 0.3) is 0 Å². The molecule has 0 saturated heterocycles. The quantitative estimate of drug-likeness (QED) is 0.700. The highest BCUT2D eigenvalue weighted by molar-refractivity contribution is 5.32. The van der Waals surface area contributed by atoms with Crippen LogP contribution in [0, 0.1) is 0 Å². The van der Waals surface area contributed by atoms with Crippen LogP contribution in [0.3, 0.4) is 0 Å². The van der Waals surface area contributed by atoms with Gasteiger partial charge in [0, 0.05) is 12.6 Å². The van der Waals surface area contributed by atoms with Gasteiger partial charge in [0.15, 0.2) is 0 Å². The topological polar surface area (TPSA) is 50.7 Å². The van der Waals surface area contributed by atoms with Gasteiger partial charge in [0.2, 0.25) is 0 Å². The van der Waals surface area contributed by atoms with Crippen molar-refractivity contribution in [3.63, 3.8) is 0 Å². The van der Waals surface area contributed by atoms with Crippen LogP contribution in [0.2, 0.25) is 0 Å². The van der Waals surface area contributed by atoms with E-state index in [1.54, 1.807) is 7.11 Å². The van der Waals surface area contributed by atoms with E-state index >= 15 is 0 Å². The van der Waals surface area contributed by atoms with Gasteiger partial charge in [-0.3, -0.25) is 0 Å². The van der Waals surface area contributed by atoms with Crippen LogP contribution >= 0.6 is 0 Å². The first-order chi connectivity index (χ1) is 9.33. The molecule has 1 saturated carbocycles. The zero-order chi connectivity index (χ0) is 13.5. The second-order valence-corrected chi connectivity index (χ2v) is 4.93. The number of aliphatic hydroxyl groups excluding tert-OH is 1. The zero-order valence-electron chi connectivity index (χ0n) is 11.5. The fourth-order valence-corrected chi connectivity index (χ4v) is 2.45. The van der Waals surface area contributed by atoms with Crippen LogP contribution in [0.1, 0.15) is 24.3 Å². The Hall–Kier alpha value is -1.10. The molecule has 4 nitrogen and oxygen atoms in total. The molecular weight excluding hydrogens is 242 g/mol. The molecular formula is C15H23NO3. The maximum Gasteiger partial charge on any atom is 0.119 e. The third-order valence-electron chi connectivity index (χ3n) is 3.62. The first-order valence-corrected chi connectivity index (χ1v) is 6.89. The van der Waals surface area contributed by atoms with Gasteiger partial charge in [-0.1, -0.05) is 12.1 Å². The molecule has 19 heavy (non-hydrogen) atoms. The molecule has 1 aromatic rings. The highest BCUT2D eigenvalue weighted by Gasteiger charge is 2.29. The van der Waals surface area contributed by atoms with Crippen molar-refractivity contribution in [1.82, 2.24) is 5.32 Å². The maximum absolute atomic E-state index is 8.58. The fourth-order valence-electron chi connectivity index (χ4n) is 2.45. The molecule has 0 unspecified atom stereocenters. The van der Waals surface area contributed by atoms with Gasteiger partial charge in [0.25, 0.3) is 0 Å². The lowest BCUT2D eigenvalue weighted by molar-refractivity contribution is 0.0901. The van der Waals surface area contributed by atoms with E-state index in [1.807, 2.05) is 6.07 Å². The average Bonchev–Trinajstić information content (AvgIpc) is 2.40. The van der Waals surface area contributed by atoms with Gasteiger partial charge in [-0.05, 0) is 36.5 Å². The van der Waals surface area contributed by atoms with E-state index in [1.165, 1.54) is 18.4 Å². The van der Waals surface area contributed by atoms with Crippen molar-refractivity contribution in [2.75, 3.05) is 33.5 Å². The van der Waals surface area contributed by atoms with E-state index in [9.17, 15) is 0 Å². The lowest BCUT2D eigenvalue weighted by Gasteiger charge is -2.36. The van der Waals surface area contributed by atoms with E-state index in [4.69, 9.17) is 14.6 Å². The minimum atomic E-state index is 0.0986. The number of hydrogen-bond donors (Lipinski definition) is 2. The molecule has 0 atom stereocenters. The molecule has 1 fully saturated rings. The molecule has 4 heteroatoms. The summed E-state index contributed by atoms with van der Waals surface area (Å²) < 4.78 is 10.5. The smallest absolute Gasteiger partial charge is 0.119 e. The van der Waals surface area contributed by atoms with Gasteiger partial charge < -0.3 is 19.9 Å². The summed E-state index contributed by atoms with van der Waals surface area (Å²) in [5.74, 6) is 1.58. The standard InChI is InChI=1S/C15H23NO3/c1-18-15-4-2-3-12(11-15)13-9-14(10-13)16-5-7-19-8-6-17/h2-4,11,13-14,16-17H,5-10H2,1H3. The largest absolute Gasteiger partial charge is 0.497 e. The zero-order valence-corrected chi connectivity index (χ0v) is 11.5. The van der Waals surface area contributed by atoms with Crippen molar-refractivity contribution in [1.29, 1.82) is 0 Å². The second-order valence-electron chi connectivity index (χ2n) is 4.93. The summed E-state index contributed by atoms with van der Waals surface area (Å²) in [6.45, 7) is 2.05. The molecule has 106 valence electrons. The van der Waals surface area contributed by atoms with E-state index in [0.29, 0.717) is 25.2 Å². The average molecular weight is 265 g/mol. The Morgan fingerprint density at radius 1 is 1.32 bits per heavy atom. The summed E-state index contributed by atoms with van der Waals surface area (Å²) in [5, 5.41) is 12.0. The molecule has 0 aliphatic heterocycles. The number of benzene rings is 1.